The number of ether oxygens (including phenoxy) is 2. The van der Waals surface area contributed by atoms with Crippen molar-refractivity contribution in [3.05, 3.63) is 25.3 Å². The third kappa shape index (κ3) is 7.04. The molecule has 0 saturated carbocycles. The SMILES string of the molecule is C=CCOC(=O)CC(O[Si](CC)(CC)CC)C(=O)OCC=C. The third-order valence-electron chi connectivity index (χ3n) is 3.65. The first kappa shape index (κ1) is 20.6. The van der Waals surface area contributed by atoms with Crippen LogP contribution in [0.15, 0.2) is 25.3 Å². The minimum atomic E-state index is -2.04. The van der Waals surface area contributed by atoms with Crippen LogP contribution in [-0.4, -0.2) is 39.6 Å². The van der Waals surface area contributed by atoms with Gasteiger partial charge >= 0.3 is 11.9 Å². The molecule has 0 fully saturated rings. The van der Waals surface area contributed by atoms with Gasteiger partial charge in [-0.1, -0.05) is 46.1 Å². The summed E-state index contributed by atoms with van der Waals surface area (Å²) in [5.74, 6) is -1.03. The fraction of sp³-hybridized carbons (Fsp3) is 0.625. The van der Waals surface area contributed by atoms with Gasteiger partial charge in [-0.25, -0.2) is 4.79 Å². The minimum Gasteiger partial charge on any atom is -0.461 e. The van der Waals surface area contributed by atoms with E-state index in [0.717, 1.165) is 18.1 Å². The van der Waals surface area contributed by atoms with Crippen molar-refractivity contribution in [1.82, 2.24) is 0 Å². The van der Waals surface area contributed by atoms with Crippen molar-refractivity contribution in [3.8, 4) is 0 Å². The van der Waals surface area contributed by atoms with Crippen LogP contribution in [0, 0.1) is 0 Å². The standard InChI is InChI=1S/C16H28O5Si/c1-6-11-19-15(17)13-14(16(18)20-12-7-2)21-22(8-3,9-4)10-5/h6-7,14H,1-2,8-13H2,3-5H3. The number of carbonyl (C=O) groups is 2. The molecule has 0 aliphatic carbocycles. The van der Waals surface area contributed by atoms with Gasteiger partial charge in [0.05, 0.1) is 6.42 Å². The maximum Gasteiger partial charge on any atom is 0.334 e. The first-order valence-electron chi connectivity index (χ1n) is 7.70. The van der Waals surface area contributed by atoms with Crippen LogP contribution in [0.5, 0.6) is 0 Å². The molecule has 5 nitrogen and oxygen atoms in total. The topological polar surface area (TPSA) is 61.8 Å². The fourth-order valence-electron chi connectivity index (χ4n) is 2.07. The van der Waals surface area contributed by atoms with E-state index < -0.39 is 26.4 Å². The van der Waals surface area contributed by atoms with Crippen LogP contribution in [0.25, 0.3) is 0 Å². The lowest BCUT2D eigenvalue weighted by molar-refractivity contribution is -0.157. The summed E-state index contributed by atoms with van der Waals surface area (Å²) in [6, 6.07) is 2.65. The molecule has 0 saturated heterocycles. The Labute approximate surface area is 134 Å². The van der Waals surface area contributed by atoms with E-state index in [1.807, 2.05) is 0 Å². The van der Waals surface area contributed by atoms with E-state index in [0.29, 0.717) is 0 Å². The predicted molar refractivity (Wildman–Crippen MR) is 89.0 cm³/mol. The van der Waals surface area contributed by atoms with Crippen LogP contribution >= 0.6 is 0 Å². The Morgan fingerprint density at radius 2 is 1.50 bits per heavy atom. The van der Waals surface area contributed by atoms with Gasteiger partial charge < -0.3 is 13.9 Å². The first-order chi connectivity index (χ1) is 10.5. The molecule has 0 N–H and O–H groups in total. The van der Waals surface area contributed by atoms with Crippen LogP contribution in [0.4, 0.5) is 0 Å². The second-order valence-electron chi connectivity index (χ2n) is 4.94. The highest BCUT2D eigenvalue weighted by molar-refractivity contribution is 6.73. The molecule has 1 atom stereocenters. The van der Waals surface area contributed by atoms with Crippen molar-refractivity contribution in [1.29, 1.82) is 0 Å². The van der Waals surface area contributed by atoms with Crippen molar-refractivity contribution in [2.75, 3.05) is 13.2 Å². The van der Waals surface area contributed by atoms with Gasteiger partial charge in [0.15, 0.2) is 14.4 Å². The molecule has 0 aliphatic rings. The van der Waals surface area contributed by atoms with E-state index in [1.54, 1.807) is 0 Å². The fourth-order valence-corrected chi connectivity index (χ4v) is 4.85. The number of hydrogen-bond acceptors (Lipinski definition) is 5. The average molecular weight is 328 g/mol. The molecule has 1 unspecified atom stereocenters. The molecule has 0 spiro atoms. The van der Waals surface area contributed by atoms with Crippen LogP contribution in [0.3, 0.4) is 0 Å². The Morgan fingerprint density at radius 3 is 1.95 bits per heavy atom. The molecule has 0 amide bonds. The second kappa shape index (κ2) is 11.2. The van der Waals surface area contributed by atoms with Crippen molar-refractivity contribution >= 4 is 20.3 Å². The van der Waals surface area contributed by atoms with Gasteiger partial charge in [-0.15, -0.1) is 0 Å². The highest BCUT2D eigenvalue weighted by atomic mass is 28.4. The first-order valence-corrected chi connectivity index (χ1v) is 10.2. The highest BCUT2D eigenvalue weighted by Crippen LogP contribution is 2.25. The lowest BCUT2D eigenvalue weighted by Gasteiger charge is -2.31. The van der Waals surface area contributed by atoms with Crippen LogP contribution < -0.4 is 0 Å². The van der Waals surface area contributed by atoms with Crippen molar-refractivity contribution in [3.63, 3.8) is 0 Å². The molecular formula is C16H28O5Si. The predicted octanol–water partition coefficient (Wildman–Crippen LogP) is 3.23. The highest BCUT2D eigenvalue weighted by Gasteiger charge is 2.36. The molecule has 0 aromatic carbocycles. The maximum atomic E-state index is 12.1. The molecule has 126 valence electrons. The molecule has 22 heavy (non-hydrogen) atoms. The van der Waals surface area contributed by atoms with Gasteiger partial charge in [-0.2, -0.15) is 0 Å². The average Bonchev–Trinajstić information content (AvgIpc) is 2.54. The summed E-state index contributed by atoms with van der Waals surface area (Å²) in [6.07, 6.45) is 1.91. The Bertz CT molecular complexity index is 368. The van der Waals surface area contributed by atoms with E-state index in [-0.39, 0.29) is 19.6 Å². The van der Waals surface area contributed by atoms with E-state index >= 15 is 0 Å². The molecule has 0 aromatic rings. The molecule has 0 rings (SSSR count). The summed E-state index contributed by atoms with van der Waals surface area (Å²) >= 11 is 0. The lowest BCUT2D eigenvalue weighted by Crippen LogP contribution is -2.44. The van der Waals surface area contributed by atoms with Gasteiger partial charge in [-0.05, 0) is 18.1 Å². The van der Waals surface area contributed by atoms with Crippen molar-refractivity contribution in [2.24, 2.45) is 0 Å². The Hall–Kier alpha value is -1.40. The number of hydrogen-bond donors (Lipinski definition) is 0. The normalized spacial score (nSPS) is 12.3. The number of rotatable bonds is 12. The van der Waals surface area contributed by atoms with E-state index in [2.05, 4.69) is 33.9 Å². The van der Waals surface area contributed by atoms with Crippen molar-refractivity contribution in [2.45, 2.75) is 51.4 Å². The van der Waals surface area contributed by atoms with Gasteiger partial charge in [0.2, 0.25) is 0 Å². The van der Waals surface area contributed by atoms with E-state index in [1.165, 1.54) is 12.2 Å². The Morgan fingerprint density at radius 1 is 1.00 bits per heavy atom. The van der Waals surface area contributed by atoms with Gasteiger partial charge in [-0.3, -0.25) is 4.79 Å². The summed E-state index contributed by atoms with van der Waals surface area (Å²) in [7, 11) is -2.04. The van der Waals surface area contributed by atoms with Gasteiger partial charge in [0, 0.05) is 0 Å². The molecule has 6 heteroatoms. The smallest absolute Gasteiger partial charge is 0.334 e. The van der Waals surface area contributed by atoms with E-state index in [9.17, 15) is 9.59 Å². The van der Waals surface area contributed by atoms with Crippen LogP contribution in [-0.2, 0) is 23.5 Å². The molecule has 0 radical (unpaired) electrons. The monoisotopic (exact) mass is 328 g/mol. The quantitative estimate of drug-likeness (QED) is 0.313. The zero-order valence-corrected chi connectivity index (χ0v) is 14.9. The van der Waals surface area contributed by atoms with Crippen LogP contribution in [0.1, 0.15) is 27.2 Å². The minimum absolute atomic E-state index is 0.0966. The summed E-state index contributed by atoms with van der Waals surface area (Å²) in [5.41, 5.74) is 0. The molecule has 0 aromatic heterocycles. The maximum absolute atomic E-state index is 12.1. The lowest BCUT2D eigenvalue weighted by atomic mass is 10.2. The molecular weight excluding hydrogens is 300 g/mol. The zero-order valence-electron chi connectivity index (χ0n) is 13.9. The van der Waals surface area contributed by atoms with Crippen LogP contribution in [0.2, 0.25) is 18.1 Å². The van der Waals surface area contributed by atoms with E-state index in [4.69, 9.17) is 13.9 Å². The summed E-state index contributed by atoms with van der Waals surface area (Å²) in [5, 5.41) is 0. The number of esters is 2. The zero-order chi connectivity index (χ0) is 17.0. The third-order valence-corrected chi connectivity index (χ3v) is 8.30. The second-order valence-corrected chi connectivity index (χ2v) is 9.67. The Kier molecular flexibility index (Phi) is 10.5. The number of carbonyl (C=O) groups excluding carboxylic acids is 2. The van der Waals surface area contributed by atoms with Gasteiger partial charge in [0.1, 0.15) is 13.2 Å². The summed E-state index contributed by atoms with van der Waals surface area (Å²) in [6.45, 7) is 13.4. The Balaban J connectivity index is 4.98. The molecule has 0 bridgehead atoms. The van der Waals surface area contributed by atoms with Gasteiger partial charge in [0.25, 0.3) is 0 Å². The molecule has 0 aliphatic heterocycles. The van der Waals surface area contributed by atoms with Crippen molar-refractivity contribution < 1.29 is 23.5 Å². The molecule has 0 heterocycles. The summed E-state index contributed by atoms with van der Waals surface area (Å²) in [4.78, 5) is 23.9. The summed E-state index contributed by atoms with van der Waals surface area (Å²) < 4.78 is 16.1. The largest absolute Gasteiger partial charge is 0.461 e.